The molecule has 1 aliphatic rings. The average Bonchev–Trinajstić information content (AvgIpc) is 1.85. The molecule has 0 bridgehead atoms. The van der Waals surface area contributed by atoms with Gasteiger partial charge in [0.25, 0.3) is 0 Å². The Hall–Kier alpha value is -0.770. The molecule has 1 N–H and O–H groups in total. The third-order valence-corrected chi connectivity index (χ3v) is 1.27. The van der Waals surface area contributed by atoms with Crippen LogP contribution >= 0.6 is 0 Å². The van der Waals surface area contributed by atoms with E-state index in [2.05, 4.69) is 4.99 Å². The highest BCUT2D eigenvalue weighted by Gasteiger charge is 2.15. The summed E-state index contributed by atoms with van der Waals surface area (Å²) < 4.78 is 24.4. The third-order valence-electron chi connectivity index (χ3n) is 1.27. The van der Waals surface area contributed by atoms with E-state index in [1.165, 1.54) is 0 Å². The van der Waals surface area contributed by atoms with E-state index in [9.17, 15) is 8.78 Å². The standard InChI is InChI=1S/C6H7F2NO/c7-5-1-4(3-10)2-6(8)9-5/h1,4,10H,2-3H2. The Balaban J connectivity index is 2.67. The Morgan fingerprint density at radius 1 is 1.70 bits per heavy atom. The average molecular weight is 147 g/mol. The molecule has 4 heteroatoms. The van der Waals surface area contributed by atoms with Gasteiger partial charge in [0.2, 0.25) is 5.95 Å². The molecule has 2 nitrogen and oxygen atoms in total. The van der Waals surface area contributed by atoms with Crippen LogP contribution in [0, 0.1) is 5.92 Å². The van der Waals surface area contributed by atoms with Crippen molar-refractivity contribution >= 4 is 5.97 Å². The lowest BCUT2D eigenvalue weighted by Gasteiger charge is -2.09. The molecule has 1 atom stereocenters. The lowest BCUT2D eigenvalue weighted by molar-refractivity contribution is 0.250. The topological polar surface area (TPSA) is 32.6 Å². The summed E-state index contributed by atoms with van der Waals surface area (Å²) in [4.78, 5) is 2.91. The van der Waals surface area contributed by atoms with Gasteiger partial charge in [0.05, 0.1) is 0 Å². The van der Waals surface area contributed by atoms with Crippen LogP contribution in [0.15, 0.2) is 17.0 Å². The minimum atomic E-state index is -0.845. The maximum absolute atomic E-state index is 12.2. The summed E-state index contributed by atoms with van der Waals surface area (Å²) in [5, 5.41) is 8.49. The fourth-order valence-electron chi connectivity index (χ4n) is 0.786. The van der Waals surface area contributed by atoms with Crippen LogP contribution in [0.3, 0.4) is 0 Å². The molecule has 1 aliphatic heterocycles. The van der Waals surface area contributed by atoms with Gasteiger partial charge in [0, 0.05) is 18.9 Å². The summed E-state index contributed by atoms with van der Waals surface area (Å²) >= 11 is 0. The Morgan fingerprint density at radius 3 is 2.90 bits per heavy atom. The number of aliphatic imine (C=N–C) groups is 1. The minimum absolute atomic E-state index is 0.00389. The van der Waals surface area contributed by atoms with Crippen molar-refractivity contribution in [3.63, 3.8) is 0 Å². The van der Waals surface area contributed by atoms with Crippen molar-refractivity contribution in [2.45, 2.75) is 6.42 Å². The molecule has 0 saturated carbocycles. The SMILES string of the molecule is OCC1C=C(F)N=C(F)C1. The molecule has 1 heterocycles. The zero-order valence-corrected chi connectivity index (χ0v) is 5.22. The van der Waals surface area contributed by atoms with Gasteiger partial charge in [-0.1, -0.05) is 0 Å². The van der Waals surface area contributed by atoms with Crippen LogP contribution in [0.2, 0.25) is 0 Å². The van der Waals surface area contributed by atoms with Gasteiger partial charge in [-0.15, -0.1) is 0 Å². The second kappa shape index (κ2) is 2.88. The zero-order chi connectivity index (χ0) is 7.56. The number of nitrogens with zero attached hydrogens (tertiary/aromatic N) is 1. The molecule has 0 amide bonds. The molecule has 1 unspecified atom stereocenters. The Labute approximate surface area is 56.9 Å². The van der Waals surface area contributed by atoms with Crippen molar-refractivity contribution in [3.05, 3.63) is 12.0 Å². The van der Waals surface area contributed by atoms with Crippen LogP contribution in [0.1, 0.15) is 6.42 Å². The quantitative estimate of drug-likeness (QED) is 0.555. The molecule has 0 saturated heterocycles. The fraction of sp³-hybridized carbons (Fsp3) is 0.500. The maximum atomic E-state index is 12.2. The monoisotopic (exact) mass is 147 g/mol. The number of rotatable bonds is 1. The highest BCUT2D eigenvalue weighted by atomic mass is 19.1. The Kier molecular flexibility index (Phi) is 2.11. The first-order valence-corrected chi connectivity index (χ1v) is 2.93. The van der Waals surface area contributed by atoms with Crippen LogP contribution in [0.25, 0.3) is 0 Å². The van der Waals surface area contributed by atoms with Gasteiger partial charge in [0.15, 0.2) is 5.97 Å². The normalized spacial score (nSPS) is 25.7. The van der Waals surface area contributed by atoms with Gasteiger partial charge < -0.3 is 5.11 Å². The maximum Gasteiger partial charge on any atom is 0.211 e. The summed E-state index contributed by atoms with van der Waals surface area (Å²) in [5.41, 5.74) is 0. The highest BCUT2D eigenvalue weighted by Crippen LogP contribution is 2.17. The van der Waals surface area contributed by atoms with Gasteiger partial charge in [-0.05, 0) is 6.08 Å². The van der Waals surface area contributed by atoms with Crippen molar-refractivity contribution in [1.29, 1.82) is 0 Å². The summed E-state index contributed by atoms with van der Waals surface area (Å²) in [6.07, 6.45) is 1.12. The molecule has 56 valence electrons. The largest absolute Gasteiger partial charge is 0.396 e. The van der Waals surface area contributed by atoms with Gasteiger partial charge in [-0.25, -0.2) is 0 Å². The number of halogens is 2. The molecule has 0 aromatic heterocycles. The van der Waals surface area contributed by atoms with Crippen LogP contribution in [-0.4, -0.2) is 17.7 Å². The molecular formula is C6H7F2NO. The Morgan fingerprint density at radius 2 is 2.40 bits per heavy atom. The van der Waals surface area contributed by atoms with Crippen molar-refractivity contribution in [1.82, 2.24) is 0 Å². The zero-order valence-electron chi connectivity index (χ0n) is 5.22. The smallest absolute Gasteiger partial charge is 0.211 e. The van der Waals surface area contributed by atoms with Crippen LogP contribution in [0.4, 0.5) is 8.78 Å². The first-order chi connectivity index (χ1) is 4.72. The van der Waals surface area contributed by atoms with E-state index in [-0.39, 0.29) is 13.0 Å². The fourth-order valence-corrected chi connectivity index (χ4v) is 0.786. The van der Waals surface area contributed by atoms with Crippen LogP contribution in [0.5, 0.6) is 0 Å². The summed E-state index contributed by atoms with van der Waals surface area (Å²) in [7, 11) is 0. The predicted molar refractivity (Wildman–Crippen MR) is 32.9 cm³/mol. The predicted octanol–water partition coefficient (Wildman–Crippen LogP) is 1.18. The van der Waals surface area contributed by atoms with Crippen molar-refractivity contribution in [2.24, 2.45) is 10.9 Å². The van der Waals surface area contributed by atoms with E-state index in [0.29, 0.717) is 0 Å². The van der Waals surface area contributed by atoms with Gasteiger partial charge >= 0.3 is 0 Å². The molecule has 0 aliphatic carbocycles. The second-order valence-corrected chi connectivity index (χ2v) is 2.12. The molecule has 10 heavy (non-hydrogen) atoms. The van der Waals surface area contributed by atoms with E-state index >= 15 is 0 Å². The van der Waals surface area contributed by atoms with Gasteiger partial charge in [0.1, 0.15) is 0 Å². The number of aliphatic hydroxyl groups is 1. The molecule has 0 spiro atoms. The second-order valence-electron chi connectivity index (χ2n) is 2.12. The molecular weight excluding hydrogens is 140 g/mol. The molecule has 0 fully saturated rings. The van der Waals surface area contributed by atoms with Crippen molar-refractivity contribution < 1.29 is 13.9 Å². The number of aliphatic hydroxyl groups excluding tert-OH is 1. The highest BCUT2D eigenvalue weighted by molar-refractivity contribution is 5.77. The minimum Gasteiger partial charge on any atom is -0.396 e. The molecule has 0 aromatic carbocycles. The summed E-state index contributed by atoms with van der Waals surface area (Å²) in [6.45, 7) is -0.240. The lowest BCUT2D eigenvalue weighted by Crippen LogP contribution is -2.10. The van der Waals surface area contributed by atoms with E-state index in [1.807, 2.05) is 0 Å². The van der Waals surface area contributed by atoms with Gasteiger partial charge in [-0.3, -0.25) is 0 Å². The van der Waals surface area contributed by atoms with Crippen LogP contribution < -0.4 is 0 Å². The van der Waals surface area contributed by atoms with E-state index < -0.39 is 17.8 Å². The Bertz CT molecular complexity index is 188. The summed E-state index contributed by atoms with van der Waals surface area (Å²) in [5.74, 6) is -2.04. The molecule has 0 aromatic rings. The van der Waals surface area contributed by atoms with E-state index in [1.54, 1.807) is 0 Å². The number of hydrogen-bond donors (Lipinski definition) is 1. The first kappa shape index (κ1) is 7.34. The lowest BCUT2D eigenvalue weighted by atomic mass is 10.1. The van der Waals surface area contributed by atoms with Crippen molar-refractivity contribution in [2.75, 3.05) is 6.61 Å². The first-order valence-electron chi connectivity index (χ1n) is 2.93. The van der Waals surface area contributed by atoms with Crippen LogP contribution in [-0.2, 0) is 0 Å². The number of hydrogen-bond acceptors (Lipinski definition) is 2. The van der Waals surface area contributed by atoms with Gasteiger partial charge in [-0.2, -0.15) is 13.8 Å². The van der Waals surface area contributed by atoms with E-state index in [0.717, 1.165) is 6.08 Å². The van der Waals surface area contributed by atoms with E-state index in [4.69, 9.17) is 5.11 Å². The third kappa shape index (κ3) is 1.60. The molecule has 0 radical (unpaired) electrons. The molecule has 1 rings (SSSR count). The van der Waals surface area contributed by atoms with Crippen molar-refractivity contribution in [3.8, 4) is 0 Å². The summed E-state index contributed by atoms with van der Waals surface area (Å²) in [6, 6.07) is 0.